The van der Waals surface area contributed by atoms with Gasteiger partial charge in [-0.3, -0.25) is 0 Å². The number of halogens is 1. The van der Waals surface area contributed by atoms with Crippen LogP contribution in [0.3, 0.4) is 0 Å². The maximum Gasteiger partial charge on any atom is 0.241 e. The van der Waals surface area contributed by atoms with Crippen LogP contribution in [0.2, 0.25) is 0 Å². The van der Waals surface area contributed by atoms with E-state index in [1.54, 1.807) is 13.0 Å². The van der Waals surface area contributed by atoms with Gasteiger partial charge in [0.1, 0.15) is 0 Å². The molecule has 1 aliphatic rings. The van der Waals surface area contributed by atoms with Gasteiger partial charge < -0.3 is 10.8 Å². The van der Waals surface area contributed by atoms with Gasteiger partial charge in [-0.2, -0.15) is 0 Å². The second kappa shape index (κ2) is 6.64. The molecule has 5 nitrogen and oxygen atoms in total. The van der Waals surface area contributed by atoms with Crippen LogP contribution >= 0.6 is 15.9 Å². The number of rotatable bonds is 4. The molecule has 2 unspecified atom stereocenters. The summed E-state index contributed by atoms with van der Waals surface area (Å²) in [7, 11) is -3.63. The summed E-state index contributed by atoms with van der Waals surface area (Å²) >= 11 is 3.29. The van der Waals surface area contributed by atoms with Gasteiger partial charge in [0.2, 0.25) is 10.0 Å². The number of aliphatic hydroxyl groups is 1. The normalized spacial score (nSPS) is 23.2. The fraction of sp³-hybridized carbons (Fsp3) is 0.571. The van der Waals surface area contributed by atoms with Gasteiger partial charge in [0.05, 0.1) is 4.90 Å². The zero-order valence-corrected chi connectivity index (χ0v) is 14.4. The van der Waals surface area contributed by atoms with Crippen LogP contribution < -0.4 is 10.5 Å². The van der Waals surface area contributed by atoms with Crippen LogP contribution in [0.4, 0.5) is 5.69 Å². The summed E-state index contributed by atoms with van der Waals surface area (Å²) in [6.07, 6.45) is 3.62. The third-order valence-corrected chi connectivity index (χ3v) is 6.35. The summed E-state index contributed by atoms with van der Waals surface area (Å²) in [5.74, 6) is -0.0124. The van der Waals surface area contributed by atoms with Crippen LogP contribution in [-0.2, 0) is 10.0 Å². The minimum atomic E-state index is -3.63. The average molecular weight is 377 g/mol. The lowest BCUT2D eigenvalue weighted by Crippen LogP contribution is -2.43. The van der Waals surface area contributed by atoms with Crippen molar-refractivity contribution < 1.29 is 13.5 Å². The number of anilines is 1. The zero-order valence-electron chi connectivity index (χ0n) is 12.0. The van der Waals surface area contributed by atoms with Crippen molar-refractivity contribution in [2.45, 2.75) is 43.5 Å². The first-order chi connectivity index (χ1) is 9.85. The van der Waals surface area contributed by atoms with Crippen molar-refractivity contribution in [3.8, 4) is 0 Å². The maximum absolute atomic E-state index is 12.6. The molecule has 118 valence electrons. The molecule has 0 saturated heterocycles. The van der Waals surface area contributed by atoms with Gasteiger partial charge in [0, 0.05) is 22.8 Å². The van der Waals surface area contributed by atoms with Crippen LogP contribution in [0.1, 0.15) is 31.2 Å². The summed E-state index contributed by atoms with van der Waals surface area (Å²) in [5, 5.41) is 9.40. The van der Waals surface area contributed by atoms with Crippen LogP contribution in [0.5, 0.6) is 0 Å². The second-order valence-corrected chi connectivity index (χ2v) is 8.13. The van der Waals surface area contributed by atoms with Gasteiger partial charge in [0.15, 0.2) is 0 Å². The van der Waals surface area contributed by atoms with E-state index < -0.39 is 10.0 Å². The van der Waals surface area contributed by atoms with Crippen molar-refractivity contribution in [3.63, 3.8) is 0 Å². The molecule has 1 saturated carbocycles. The topological polar surface area (TPSA) is 92.4 Å². The Morgan fingerprint density at radius 2 is 2.05 bits per heavy atom. The summed E-state index contributed by atoms with van der Waals surface area (Å²) in [4.78, 5) is 0.200. The molecule has 1 aromatic rings. The van der Waals surface area contributed by atoms with Crippen molar-refractivity contribution in [3.05, 3.63) is 22.2 Å². The lowest BCUT2D eigenvalue weighted by molar-refractivity contribution is 0.164. The highest BCUT2D eigenvalue weighted by atomic mass is 79.9. The van der Waals surface area contributed by atoms with Gasteiger partial charge in [-0.25, -0.2) is 13.1 Å². The van der Waals surface area contributed by atoms with E-state index in [2.05, 4.69) is 20.7 Å². The highest BCUT2D eigenvalue weighted by Gasteiger charge is 2.29. The summed E-state index contributed by atoms with van der Waals surface area (Å²) in [6, 6.07) is 2.96. The molecule has 21 heavy (non-hydrogen) atoms. The van der Waals surface area contributed by atoms with Gasteiger partial charge in [-0.1, -0.05) is 12.8 Å². The van der Waals surface area contributed by atoms with E-state index in [9.17, 15) is 13.5 Å². The molecule has 2 rings (SSSR count). The monoisotopic (exact) mass is 376 g/mol. The van der Waals surface area contributed by atoms with Crippen LogP contribution in [0, 0.1) is 12.8 Å². The van der Waals surface area contributed by atoms with Crippen molar-refractivity contribution in [2.24, 2.45) is 5.92 Å². The predicted octanol–water partition coefficient (Wildman–Crippen LogP) is 2.17. The number of hydrogen-bond acceptors (Lipinski definition) is 4. The Bertz CT molecular complexity index is 619. The molecule has 1 aliphatic carbocycles. The first-order valence-corrected chi connectivity index (χ1v) is 9.31. The molecule has 1 fully saturated rings. The summed E-state index contributed by atoms with van der Waals surface area (Å²) in [5.41, 5.74) is 6.82. The fourth-order valence-electron chi connectivity index (χ4n) is 2.80. The summed E-state index contributed by atoms with van der Waals surface area (Å²) < 4.78 is 28.6. The Hall–Kier alpha value is -0.630. The van der Waals surface area contributed by atoms with Gasteiger partial charge in [0.25, 0.3) is 0 Å². The fourth-order valence-corrected chi connectivity index (χ4v) is 4.86. The molecule has 0 heterocycles. The number of aryl methyl sites for hydroxylation is 1. The number of hydrogen-bond donors (Lipinski definition) is 3. The standard InChI is InChI=1S/C14H21BrN2O3S/c1-9-6-11(15)12(16)7-14(9)21(19,20)17-13-5-3-2-4-10(13)8-18/h6-7,10,13,17-18H,2-5,8,16H2,1H3. The predicted molar refractivity (Wildman–Crippen MR) is 86.4 cm³/mol. The van der Waals surface area contributed by atoms with E-state index >= 15 is 0 Å². The first-order valence-electron chi connectivity index (χ1n) is 7.04. The molecule has 4 N–H and O–H groups in total. The third kappa shape index (κ3) is 3.77. The molecule has 0 bridgehead atoms. The van der Waals surface area contributed by atoms with E-state index in [1.165, 1.54) is 6.07 Å². The molecule has 0 amide bonds. The van der Waals surface area contributed by atoms with Crippen molar-refractivity contribution in [1.29, 1.82) is 0 Å². The number of benzene rings is 1. The van der Waals surface area contributed by atoms with E-state index in [-0.39, 0.29) is 23.5 Å². The van der Waals surface area contributed by atoms with E-state index in [0.717, 1.165) is 25.7 Å². The zero-order chi connectivity index (χ0) is 15.6. The minimum Gasteiger partial charge on any atom is -0.398 e. The lowest BCUT2D eigenvalue weighted by atomic mass is 9.86. The number of nitrogen functional groups attached to an aromatic ring is 1. The van der Waals surface area contributed by atoms with Crippen molar-refractivity contribution >= 4 is 31.6 Å². The van der Waals surface area contributed by atoms with Gasteiger partial charge in [-0.05, 0) is 59.3 Å². The first kappa shape index (κ1) is 16.7. The van der Waals surface area contributed by atoms with E-state index in [4.69, 9.17) is 5.73 Å². The van der Waals surface area contributed by atoms with Crippen LogP contribution in [-0.4, -0.2) is 26.2 Å². The van der Waals surface area contributed by atoms with Gasteiger partial charge in [-0.15, -0.1) is 0 Å². The lowest BCUT2D eigenvalue weighted by Gasteiger charge is -2.30. The Morgan fingerprint density at radius 1 is 1.38 bits per heavy atom. The number of sulfonamides is 1. The van der Waals surface area contributed by atoms with Crippen LogP contribution in [0.25, 0.3) is 0 Å². The van der Waals surface area contributed by atoms with Crippen molar-refractivity contribution in [2.75, 3.05) is 12.3 Å². The van der Waals surface area contributed by atoms with Gasteiger partial charge >= 0.3 is 0 Å². The Labute approximate surface area is 134 Å². The number of nitrogens with one attached hydrogen (secondary N) is 1. The quantitative estimate of drug-likeness (QED) is 0.702. The Morgan fingerprint density at radius 3 is 2.71 bits per heavy atom. The Balaban J connectivity index is 2.28. The Kier molecular flexibility index (Phi) is 5.29. The average Bonchev–Trinajstić information content (AvgIpc) is 2.43. The van der Waals surface area contributed by atoms with E-state index in [0.29, 0.717) is 15.7 Å². The van der Waals surface area contributed by atoms with Crippen LogP contribution in [0.15, 0.2) is 21.5 Å². The number of aliphatic hydroxyl groups excluding tert-OH is 1. The molecule has 0 spiro atoms. The molecular formula is C14H21BrN2O3S. The third-order valence-electron chi connectivity index (χ3n) is 4.03. The number of nitrogens with two attached hydrogens (primary N) is 1. The highest BCUT2D eigenvalue weighted by molar-refractivity contribution is 9.10. The largest absolute Gasteiger partial charge is 0.398 e. The molecule has 2 atom stereocenters. The molecule has 0 aliphatic heterocycles. The smallest absolute Gasteiger partial charge is 0.241 e. The molecule has 0 aromatic heterocycles. The molecular weight excluding hydrogens is 356 g/mol. The second-order valence-electron chi connectivity index (χ2n) is 5.59. The van der Waals surface area contributed by atoms with Crippen molar-refractivity contribution in [1.82, 2.24) is 4.72 Å². The minimum absolute atomic E-state index is 0.00858. The maximum atomic E-state index is 12.6. The van der Waals surface area contributed by atoms with E-state index in [1.807, 2.05) is 0 Å². The summed E-state index contributed by atoms with van der Waals surface area (Å²) in [6.45, 7) is 1.75. The highest BCUT2D eigenvalue weighted by Crippen LogP contribution is 2.29. The molecule has 1 aromatic carbocycles. The molecule has 7 heteroatoms. The molecule has 0 radical (unpaired) electrons. The SMILES string of the molecule is Cc1cc(Br)c(N)cc1S(=O)(=O)NC1CCCCC1CO.